The zero-order valence-corrected chi connectivity index (χ0v) is 10.2. The summed E-state index contributed by atoms with van der Waals surface area (Å²) in [7, 11) is 0. The van der Waals surface area contributed by atoms with Crippen LogP contribution in [0.5, 0.6) is 0 Å². The lowest BCUT2D eigenvalue weighted by Gasteiger charge is -1.95. The summed E-state index contributed by atoms with van der Waals surface area (Å²) < 4.78 is 4.63. The van der Waals surface area contributed by atoms with E-state index in [0.29, 0.717) is 0 Å². The molecule has 0 saturated heterocycles. The number of allylic oxidation sites excluding steroid dienone is 4. The molecule has 0 rings (SSSR count). The predicted octanol–water partition coefficient (Wildman–Crippen LogP) is 4.15. The summed E-state index contributed by atoms with van der Waals surface area (Å²) in [5.74, 6) is -0.285. The highest BCUT2D eigenvalue weighted by molar-refractivity contribution is 5.66. The molecule has 0 atom stereocenters. The van der Waals surface area contributed by atoms with Crippen LogP contribution in [0, 0.1) is 0 Å². The fourth-order valence-corrected chi connectivity index (χ4v) is 1.26. The largest absolute Gasteiger partial charge is 0.435 e. The second-order valence-electron chi connectivity index (χ2n) is 3.65. The van der Waals surface area contributed by atoms with Crippen molar-refractivity contribution in [2.45, 2.75) is 45.4 Å². The van der Waals surface area contributed by atoms with Crippen LogP contribution in [0.25, 0.3) is 0 Å². The smallest absolute Gasteiger partial charge is 0.307 e. The van der Waals surface area contributed by atoms with E-state index in [2.05, 4.69) is 17.4 Å². The lowest BCUT2D eigenvalue weighted by atomic mass is 10.1. The number of carbonyl (C=O) groups is 1. The van der Waals surface area contributed by atoms with Crippen molar-refractivity contribution < 1.29 is 9.53 Å². The second-order valence-corrected chi connectivity index (χ2v) is 3.65. The maximum atomic E-state index is 10.4. The van der Waals surface area contributed by atoms with Crippen molar-refractivity contribution in [2.24, 2.45) is 0 Å². The fraction of sp³-hybridized carbons (Fsp3) is 0.500. The monoisotopic (exact) mass is 222 g/mol. The molecule has 0 heterocycles. The third kappa shape index (κ3) is 12.7. The van der Waals surface area contributed by atoms with Crippen LogP contribution < -0.4 is 0 Å². The normalized spacial score (nSPS) is 11.1. The van der Waals surface area contributed by atoms with Crippen LogP contribution in [-0.4, -0.2) is 5.97 Å². The number of esters is 1. The molecule has 0 amide bonds. The first-order valence-corrected chi connectivity index (χ1v) is 5.87. The maximum Gasteiger partial charge on any atom is 0.307 e. The molecule has 0 saturated carbocycles. The molecule has 0 bridgehead atoms. The van der Waals surface area contributed by atoms with E-state index in [1.165, 1.54) is 38.9 Å². The van der Waals surface area contributed by atoms with Gasteiger partial charge in [-0.3, -0.25) is 4.79 Å². The number of unbranched alkanes of at least 4 members (excludes halogenated alkanes) is 5. The molecule has 16 heavy (non-hydrogen) atoms. The summed E-state index contributed by atoms with van der Waals surface area (Å²) in [6.45, 7) is 5.08. The third-order valence-electron chi connectivity index (χ3n) is 2.09. The Morgan fingerprint density at radius 2 is 1.81 bits per heavy atom. The number of ether oxygens (including phenoxy) is 1. The third-order valence-corrected chi connectivity index (χ3v) is 2.09. The molecule has 0 aromatic carbocycles. The van der Waals surface area contributed by atoms with Crippen LogP contribution in [0.1, 0.15) is 45.4 Å². The summed E-state index contributed by atoms with van der Waals surface area (Å²) in [5, 5.41) is 0. The Labute approximate surface area is 98.7 Å². The van der Waals surface area contributed by atoms with Gasteiger partial charge in [0.2, 0.25) is 0 Å². The van der Waals surface area contributed by atoms with Gasteiger partial charge < -0.3 is 4.74 Å². The molecule has 0 radical (unpaired) electrons. The predicted molar refractivity (Wildman–Crippen MR) is 67.9 cm³/mol. The number of rotatable bonds is 9. The molecule has 90 valence electrons. The first-order chi connectivity index (χ1) is 7.77. The van der Waals surface area contributed by atoms with Gasteiger partial charge >= 0.3 is 5.97 Å². The van der Waals surface area contributed by atoms with Gasteiger partial charge in [-0.2, -0.15) is 0 Å². The minimum atomic E-state index is -0.285. The van der Waals surface area contributed by atoms with Crippen molar-refractivity contribution in [3.05, 3.63) is 37.1 Å². The lowest BCUT2D eigenvalue weighted by molar-refractivity contribution is -0.135. The van der Waals surface area contributed by atoms with Crippen LogP contribution >= 0.6 is 0 Å². The van der Waals surface area contributed by atoms with E-state index in [1.54, 1.807) is 6.08 Å². The van der Waals surface area contributed by atoms with Crippen molar-refractivity contribution >= 4 is 5.97 Å². The maximum absolute atomic E-state index is 10.4. The van der Waals surface area contributed by atoms with Crippen molar-refractivity contribution in [1.29, 1.82) is 0 Å². The quantitative estimate of drug-likeness (QED) is 0.193. The summed E-state index contributed by atoms with van der Waals surface area (Å²) >= 11 is 0. The molecule has 0 aliphatic rings. The van der Waals surface area contributed by atoms with Crippen LogP contribution in [0.3, 0.4) is 0 Å². The fourth-order valence-electron chi connectivity index (χ4n) is 1.26. The Balaban J connectivity index is 3.24. The molecule has 2 heteroatoms. The van der Waals surface area contributed by atoms with Crippen LogP contribution in [0.2, 0.25) is 0 Å². The summed E-state index contributed by atoms with van der Waals surface area (Å²) in [5.41, 5.74) is 0. The van der Waals surface area contributed by atoms with Crippen molar-refractivity contribution in [1.82, 2.24) is 0 Å². The van der Waals surface area contributed by atoms with Gasteiger partial charge in [0.1, 0.15) is 0 Å². The Morgan fingerprint density at radius 3 is 2.44 bits per heavy atom. The van der Waals surface area contributed by atoms with Crippen LogP contribution in [0.15, 0.2) is 37.1 Å². The summed E-state index contributed by atoms with van der Waals surface area (Å²) in [6.07, 6.45) is 16.3. The summed E-state index contributed by atoms with van der Waals surface area (Å²) in [6, 6.07) is 0. The molecule has 0 aliphatic carbocycles. The molecule has 0 aromatic rings. The lowest BCUT2D eigenvalue weighted by Crippen LogP contribution is -1.88. The highest BCUT2D eigenvalue weighted by atomic mass is 16.5. The topological polar surface area (TPSA) is 26.3 Å². The molecule has 0 fully saturated rings. The molecule has 0 N–H and O–H groups in total. The molecule has 0 aliphatic heterocycles. The van der Waals surface area contributed by atoms with Crippen LogP contribution in [-0.2, 0) is 9.53 Å². The zero-order valence-electron chi connectivity index (χ0n) is 10.2. The molecule has 2 nitrogen and oxygen atoms in total. The van der Waals surface area contributed by atoms with Gasteiger partial charge in [-0.05, 0) is 31.8 Å². The van der Waals surface area contributed by atoms with E-state index >= 15 is 0 Å². The number of hydrogen-bond acceptors (Lipinski definition) is 2. The SMILES string of the molecule is C=CCCCCCCC=CC=COC(C)=O. The van der Waals surface area contributed by atoms with Gasteiger partial charge in [0.25, 0.3) is 0 Å². The van der Waals surface area contributed by atoms with E-state index in [9.17, 15) is 4.79 Å². The van der Waals surface area contributed by atoms with Crippen molar-refractivity contribution in [2.75, 3.05) is 0 Å². The van der Waals surface area contributed by atoms with Gasteiger partial charge in [-0.15, -0.1) is 6.58 Å². The zero-order chi connectivity index (χ0) is 12.1. The van der Waals surface area contributed by atoms with Crippen molar-refractivity contribution in [3.8, 4) is 0 Å². The molecule has 0 aromatic heterocycles. The Bertz CT molecular complexity index is 239. The van der Waals surface area contributed by atoms with E-state index < -0.39 is 0 Å². The first kappa shape index (κ1) is 14.7. The second kappa shape index (κ2) is 11.8. The van der Waals surface area contributed by atoms with Crippen molar-refractivity contribution in [3.63, 3.8) is 0 Å². The standard InChI is InChI=1S/C14H22O2/c1-3-4-5-6-7-8-9-10-11-12-13-16-14(2)15/h3,10-13H,1,4-9H2,2H3. The average Bonchev–Trinajstić information content (AvgIpc) is 2.25. The summed E-state index contributed by atoms with van der Waals surface area (Å²) in [4.78, 5) is 10.4. The van der Waals surface area contributed by atoms with Gasteiger partial charge in [0, 0.05) is 6.92 Å². The van der Waals surface area contributed by atoms with Gasteiger partial charge in [-0.1, -0.05) is 31.1 Å². The van der Waals surface area contributed by atoms with Gasteiger partial charge in [-0.25, -0.2) is 0 Å². The Hall–Kier alpha value is -1.31. The number of hydrogen-bond donors (Lipinski definition) is 0. The minimum Gasteiger partial charge on any atom is -0.435 e. The minimum absolute atomic E-state index is 0.285. The average molecular weight is 222 g/mol. The van der Waals surface area contributed by atoms with Gasteiger partial charge in [0.05, 0.1) is 6.26 Å². The van der Waals surface area contributed by atoms with E-state index in [4.69, 9.17) is 0 Å². The Morgan fingerprint density at radius 1 is 1.12 bits per heavy atom. The molecular weight excluding hydrogens is 200 g/mol. The van der Waals surface area contributed by atoms with Gasteiger partial charge in [0.15, 0.2) is 0 Å². The molecule has 0 unspecified atom stereocenters. The highest BCUT2D eigenvalue weighted by Crippen LogP contribution is 2.05. The molecular formula is C14H22O2. The van der Waals surface area contributed by atoms with Crippen LogP contribution in [0.4, 0.5) is 0 Å². The Kier molecular flexibility index (Phi) is 10.8. The first-order valence-electron chi connectivity index (χ1n) is 5.87. The van der Waals surface area contributed by atoms with E-state index in [-0.39, 0.29) is 5.97 Å². The van der Waals surface area contributed by atoms with E-state index in [1.807, 2.05) is 12.2 Å². The number of carbonyl (C=O) groups excluding carboxylic acids is 1. The van der Waals surface area contributed by atoms with E-state index in [0.717, 1.165) is 12.8 Å². The highest BCUT2D eigenvalue weighted by Gasteiger charge is 1.86. The molecule has 0 spiro atoms.